The molecule has 1 aromatic rings. The zero-order valence-corrected chi connectivity index (χ0v) is 5.63. The van der Waals surface area contributed by atoms with Gasteiger partial charge in [-0.1, -0.05) is 5.21 Å². The van der Waals surface area contributed by atoms with E-state index in [0.29, 0.717) is 0 Å². The van der Waals surface area contributed by atoms with Gasteiger partial charge < -0.3 is 5.32 Å². The Labute approximate surface area is 53.9 Å². The van der Waals surface area contributed by atoms with Gasteiger partial charge in [0, 0.05) is 13.6 Å². The van der Waals surface area contributed by atoms with E-state index in [4.69, 9.17) is 0 Å². The molecule has 0 saturated carbocycles. The molecular weight excluding hydrogens is 116 g/mol. The average molecular weight is 126 g/mol. The fourth-order valence-electron chi connectivity index (χ4n) is 0.609. The van der Waals surface area contributed by atoms with Gasteiger partial charge in [0.2, 0.25) is 0 Å². The van der Waals surface area contributed by atoms with Gasteiger partial charge in [0.1, 0.15) is 0 Å². The summed E-state index contributed by atoms with van der Waals surface area (Å²) in [5.74, 6) is 0.833. The SMILES string of the molecule is CCNc1cn(C)nn1. The first-order chi connectivity index (χ1) is 4.33. The molecule has 0 amide bonds. The molecule has 0 aliphatic carbocycles. The van der Waals surface area contributed by atoms with Gasteiger partial charge in [0.05, 0.1) is 6.20 Å². The summed E-state index contributed by atoms with van der Waals surface area (Å²) in [6.45, 7) is 2.91. The van der Waals surface area contributed by atoms with Crippen LogP contribution in [-0.2, 0) is 7.05 Å². The van der Waals surface area contributed by atoms with Crippen molar-refractivity contribution in [2.24, 2.45) is 7.05 Å². The molecule has 1 N–H and O–H groups in total. The van der Waals surface area contributed by atoms with Crippen LogP contribution in [0.25, 0.3) is 0 Å². The van der Waals surface area contributed by atoms with Crippen LogP contribution in [0.15, 0.2) is 6.20 Å². The highest BCUT2D eigenvalue weighted by Crippen LogP contribution is 1.95. The lowest BCUT2D eigenvalue weighted by Crippen LogP contribution is -1.95. The minimum Gasteiger partial charge on any atom is -0.368 e. The van der Waals surface area contributed by atoms with Crippen LogP contribution in [0.2, 0.25) is 0 Å². The van der Waals surface area contributed by atoms with E-state index in [2.05, 4.69) is 15.6 Å². The molecule has 4 nitrogen and oxygen atoms in total. The molecule has 0 bridgehead atoms. The first kappa shape index (κ1) is 6.07. The monoisotopic (exact) mass is 126 g/mol. The molecule has 4 heteroatoms. The van der Waals surface area contributed by atoms with Crippen molar-refractivity contribution in [1.82, 2.24) is 15.0 Å². The molecule has 1 heterocycles. The fraction of sp³-hybridized carbons (Fsp3) is 0.600. The van der Waals surface area contributed by atoms with E-state index < -0.39 is 0 Å². The smallest absolute Gasteiger partial charge is 0.168 e. The minimum absolute atomic E-state index is 0.833. The van der Waals surface area contributed by atoms with Crippen molar-refractivity contribution in [3.63, 3.8) is 0 Å². The summed E-state index contributed by atoms with van der Waals surface area (Å²) >= 11 is 0. The van der Waals surface area contributed by atoms with Gasteiger partial charge in [-0.05, 0) is 6.92 Å². The first-order valence-corrected chi connectivity index (χ1v) is 2.93. The number of aryl methyl sites for hydroxylation is 1. The summed E-state index contributed by atoms with van der Waals surface area (Å²) in [6, 6.07) is 0. The van der Waals surface area contributed by atoms with Crippen molar-refractivity contribution in [2.75, 3.05) is 11.9 Å². The number of nitrogens with one attached hydrogen (secondary N) is 1. The Bertz CT molecular complexity index is 181. The number of hydrogen-bond acceptors (Lipinski definition) is 3. The Morgan fingerprint density at radius 3 is 3.00 bits per heavy atom. The molecular formula is C5H10N4. The van der Waals surface area contributed by atoms with Gasteiger partial charge in [-0.25, -0.2) is 0 Å². The summed E-state index contributed by atoms with van der Waals surface area (Å²) in [5, 5.41) is 10.6. The summed E-state index contributed by atoms with van der Waals surface area (Å²) < 4.78 is 1.66. The molecule has 9 heavy (non-hydrogen) atoms. The summed E-state index contributed by atoms with van der Waals surface area (Å²) in [6.07, 6.45) is 1.84. The van der Waals surface area contributed by atoms with Crippen LogP contribution in [-0.4, -0.2) is 21.5 Å². The molecule has 0 radical (unpaired) electrons. The van der Waals surface area contributed by atoms with E-state index in [9.17, 15) is 0 Å². The highest BCUT2D eigenvalue weighted by atomic mass is 15.4. The highest BCUT2D eigenvalue weighted by molar-refractivity contribution is 5.28. The number of hydrogen-bond donors (Lipinski definition) is 1. The molecule has 50 valence electrons. The topological polar surface area (TPSA) is 42.7 Å². The maximum atomic E-state index is 3.81. The quantitative estimate of drug-likeness (QED) is 0.617. The highest BCUT2D eigenvalue weighted by Gasteiger charge is 1.91. The van der Waals surface area contributed by atoms with Crippen LogP contribution in [0.1, 0.15) is 6.92 Å². The standard InChI is InChI=1S/C5H10N4/c1-3-6-5-4-9(2)8-7-5/h4,6H,3H2,1-2H3. The predicted molar refractivity (Wildman–Crippen MR) is 35.2 cm³/mol. The molecule has 0 atom stereocenters. The van der Waals surface area contributed by atoms with Gasteiger partial charge in [-0.2, -0.15) is 0 Å². The average Bonchev–Trinajstić information content (AvgIpc) is 2.17. The number of anilines is 1. The Kier molecular flexibility index (Phi) is 1.67. The lowest BCUT2D eigenvalue weighted by molar-refractivity contribution is 0.715. The van der Waals surface area contributed by atoms with E-state index >= 15 is 0 Å². The van der Waals surface area contributed by atoms with Crippen molar-refractivity contribution < 1.29 is 0 Å². The summed E-state index contributed by atoms with van der Waals surface area (Å²) in [5.41, 5.74) is 0. The number of nitrogens with zero attached hydrogens (tertiary/aromatic N) is 3. The van der Waals surface area contributed by atoms with E-state index in [0.717, 1.165) is 12.4 Å². The van der Waals surface area contributed by atoms with E-state index in [-0.39, 0.29) is 0 Å². The maximum absolute atomic E-state index is 3.81. The molecule has 0 saturated heterocycles. The van der Waals surface area contributed by atoms with Crippen molar-refractivity contribution in [2.45, 2.75) is 6.92 Å². The lowest BCUT2D eigenvalue weighted by Gasteiger charge is -1.91. The molecule has 0 aliphatic heterocycles. The molecule has 0 unspecified atom stereocenters. The third kappa shape index (κ3) is 1.42. The summed E-state index contributed by atoms with van der Waals surface area (Å²) in [4.78, 5) is 0. The number of aromatic nitrogens is 3. The van der Waals surface area contributed by atoms with Gasteiger partial charge in [-0.15, -0.1) is 5.10 Å². The van der Waals surface area contributed by atoms with Crippen LogP contribution in [0.5, 0.6) is 0 Å². The van der Waals surface area contributed by atoms with E-state index in [1.807, 2.05) is 20.2 Å². The second kappa shape index (κ2) is 2.48. The molecule has 0 aromatic carbocycles. The lowest BCUT2D eigenvalue weighted by atomic mass is 10.6. The second-order valence-corrected chi connectivity index (χ2v) is 1.81. The molecule has 1 rings (SSSR count). The Morgan fingerprint density at radius 1 is 1.78 bits per heavy atom. The summed E-state index contributed by atoms with van der Waals surface area (Å²) in [7, 11) is 1.84. The van der Waals surface area contributed by atoms with Crippen molar-refractivity contribution in [1.29, 1.82) is 0 Å². The second-order valence-electron chi connectivity index (χ2n) is 1.81. The van der Waals surface area contributed by atoms with Crippen molar-refractivity contribution >= 4 is 5.82 Å². The normalized spacial score (nSPS) is 9.56. The van der Waals surface area contributed by atoms with Crippen LogP contribution < -0.4 is 5.32 Å². The largest absolute Gasteiger partial charge is 0.368 e. The minimum atomic E-state index is 0.833. The van der Waals surface area contributed by atoms with E-state index in [1.165, 1.54) is 0 Å². The van der Waals surface area contributed by atoms with Crippen LogP contribution in [0, 0.1) is 0 Å². The Hall–Kier alpha value is -1.06. The van der Waals surface area contributed by atoms with Crippen LogP contribution >= 0.6 is 0 Å². The third-order valence-electron chi connectivity index (χ3n) is 0.961. The first-order valence-electron chi connectivity index (χ1n) is 2.93. The molecule has 1 aromatic heterocycles. The molecule has 0 fully saturated rings. The predicted octanol–water partition coefficient (Wildman–Crippen LogP) is 0.247. The van der Waals surface area contributed by atoms with Crippen LogP contribution in [0.3, 0.4) is 0 Å². The molecule has 0 aliphatic rings. The van der Waals surface area contributed by atoms with E-state index in [1.54, 1.807) is 4.68 Å². The number of rotatable bonds is 2. The zero-order valence-electron chi connectivity index (χ0n) is 5.63. The van der Waals surface area contributed by atoms with Gasteiger partial charge in [0.25, 0.3) is 0 Å². The Morgan fingerprint density at radius 2 is 2.56 bits per heavy atom. The van der Waals surface area contributed by atoms with Gasteiger partial charge in [-0.3, -0.25) is 4.68 Å². The van der Waals surface area contributed by atoms with Crippen molar-refractivity contribution in [3.8, 4) is 0 Å². The third-order valence-corrected chi connectivity index (χ3v) is 0.961. The Balaban J connectivity index is 2.61. The van der Waals surface area contributed by atoms with Crippen LogP contribution in [0.4, 0.5) is 5.82 Å². The van der Waals surface area contributed by atoms with Gasteiger partial charge in [0.15, 0.2) is 5.82 Å². The van der Waals surface area contributed by atoms with Crippen molar-refractivity contribution in [3.05, 3.63) is 6.20 Å². The zero-order chi connectivity index (χ0) is 6.69. The maximum Gasteiger partial charge on any atom is 0.168 e. The molecule has 0 spiro atoms. The fourth-order valence-corrected chi connectivity index (χ4v) is 0.609. The van der Waals surface area contributed by atoms with Gasteiger partial charge >= 0.3 is 0 Å².